The van der Waals surface area contributed by atoms with Crippen LogP contribution in [0, 0.1) is 0 Å². The topological polar surface area (TPSA) is 58.7 Å². The second-order valence-electron chi connectivity index (χ2n) is 5.10. The first-order valence-corrected chi connectivity index (χ1v) is 6.90. The molecular weight excluding hydrogens is 262 g/mol. The van der Waals surface area contributed by atoms with Gasteiger partial charge in [-0.15, -0.1) is 0 Å². The molecule has 1 unspecified atom stereocenters. The summed E-state index contributed by atoms with van der Waals surface area (Å²) in [4.78, 5) is 18.2. The first-order chi connectivity index (χ1) is 10.2. The van der Waals surface area contributed by atoms with E-state index in [4.69, 9.17) is 5.73 Å². The highest BCUT2D eigenvalue weighted by molar-refractivity contribution is 6.13. The number of nitrogens with two attached hydrogens (primary N) is 1. The first kappa shape index (κ1) is 13.5. The molecule has 1 amide bonds. The first-order valence-electron chi connectivity index (χ1n) is 6.90. The maximum atomic E-state index is 12.2. The second-order valence-corrected chi connectivity index (χ2v) is 5.10. The van der Waals surface area contributed by atoms with Gasteiger partial charge in [-0.25, -0.2) is 0 Å². The van der Waals surface area contributed by atoms with Crippen molar-refractivity contribution in [3.63, 3.8) is 0 Å². The molecule has 0 bridgehead atoms. The number of hydrogen-bond acceptors (Lipinski definition) is 3. The van der Waals surface area contributed by atoms with E-state index < -0.39 is 6.17 Å². The van der Waals surface area contributed by atoms with Crippen LogP contribution >= 0.6 is 0 Å². The number of anilines is 1. The highest BCUT2D eigenvalue weighted by Crippen LogP contribution is 2.25. The number of para-hydroxylation sites is 1. The molecule has 1 heterocycles. The van der Waals surface area contributed by atoms with Crippen molar-refractivity contribution in [2.75, 3.05) is 11.9 Å². The lowest BCUT2D eigenvalue weighted by atomic mass is 10.0. The average Bonchev–Trinajstić information content (AvgIpc) is 2.61. The third-order valence-electron chi connectivity index (χ3n) is 3.67. The van der Waals surface area contributed by atoms with Crippen LogP contribution < -0.4 is 10.6 Å². The van der Waals surface area contributed by atoms with E-state index in [-0.39, 0.29) is 5.91 Å². The number of likely N-dealkylation sites (N-methyl/N-ethyl adjacent to an activating group) is 1. The Morgan fingerprint density at radius 3 is 2.52 bits per heavy atom. The molecule has 21 heavy (non-hydrogen) atoms. The lowest BCUT2D eigenvalue weighted by Crippen LogP contribution is -2.39. The van der Waals surface area contributed by atoms with Crippen molar-refractivity contribution in [1.82, 2.24) is 0 Å². The number of fused-ring (bicyclic) bond motifs is 1. The van der Waals surface area contributed by atoms with Crippen LogP contribution in [0.2, 0.25) is 0 Å². The van der Waals surface area contributed by atoms with Crippen molar-refractivity contribution in [2.24, 2.45) is 10.7 Å². The van der Waals surface area contributed by atoms with E-state index in [1.54, 1.807) is 11.9 Å². The minimum atomic E-state index is -0.846. The van der Waals surface area contributed by atoms with Crippen LogP contribution in [0.25, 0.3) is 0 Å². The van der Waals surface area contributed by atoms with E-state index in [0.717, 1.165) is 22.5 Å². The molecule has 4 nitrogen and oxygen atoms in total. The molecule has 0 saturated carbocycles. The Morgan fingerprint density at radius 1 is 1.10 bits per heavy atom. The van der Waals surface area contributed by atoms with Gasteiger partial charge in [0.15, 0.2) is 6.17 Å². The molecule has 3 rings (SSSR count). The number of rotatable bonds is 2. The fraction of sp³-hybridized carbons (Fsp3) is 0.176. The Balaban J connectivity index is 2.07. The summed E-state index contributed by atoms with van der Waals surface area (Å²) in [5.74, 6) is -0.189. The lowest BCUT2D eigenvalue weighted by Gasteiger charge is -2.18. The van der Waals surface area contributed by atoms with Gasteiger partial charge in [0.05, 0.1) is 11.4 Å². The van der Waals surface area contributed by atoms with Crippen molar-refractivity contribution in [3.8, 4) is 0 Å². The molecule has 0 spiro atoms. The third-order valence-corrected chi connectivity index (χ3v) is 3.67. The van der Waals surface area contributed by atoms with Crippen molar-refractivity contribution in [2.45, 2.75) is 12.6 Å². The summed E-state index contributed by atoms with van der Waals surface area (Å²) in [5.41, 5.74) is 9.73. The van der Waals surface area contributed by atoms with E-state index >= 15 is 0 Å². The van der Waals surface area contributed by atoms with Crippen molar-refractivity contribution >= 4 is 17.3 Å². The standard InChI is InChI=1S/C17H17N3O/c1-20-15-10-6-5-9-13(15)14(19-16(18)17(20)21)11-12-7-3-2-4-8-12/h2-10,16H,11,18H2,1H3. The number of hydrogen-bond donors (Lipinski definition) is 1. The van der Waals surface area contributed by atoms with E-state index in [1.165, 1.54) is 0 Å². The zero-order valence-corrected chi connectivity index (χ0v) is 11.9. The van der Waals surface area contributed by atoms with Gasteiger partial charge in [-0.05, 0) is 11.6 Å². The molecule has 4 heteroatoms. The summed E-state index contributed by atoms with van der Waals surface area (Å²) >= 11 is 0. The predicted octanol–water partition coefficient (Wildman–Crippen LogP) is 1.98. The predicted molar refractivity (Wildman–Crippen MR) is 84.5 cm³/mol. The lowest BCUT2D eigenvalue weighted by molar-refractivity contribution is -0.119. The third kappa shape index (κ3) is 2.58. The maximum absolute atomic E-state index is 12.2. The van der Waals surface area contributed by atoms with Crippen LogP contribution in [0.5, 0.6) is 0 Å². The molecule has 0 aliphatic carbocycles. The van der Waals surface area contributed by atoms with E-state index in [1.807, 2.05) is 54.6 Å². The molecule has 0 fully saturated rings. The van der Waals surface area contributed by atoms with Gasteiger partial charge < -0.3 is 10.6 Å². The Bertz CT molecular complexity index is 694. The molecular formula is C17H17N3O. The minimum Gasteiger partial charge on any atom is -0.312 e. The SMILES string of the molecule is CN1C(=O)C(N)N=C(Cc2ccccc2)c2ccccc21. The monoisotopic (exact) mass is 279 g/mol. The van der Waals surface area contributed by atoms with Crippen molar-refractivity contribution < 1.29 is 4.79 Å². The maximum Gasteiger partial charge on any atom is 0.266 e. The molecule has 2 aromatic carbocycles. The fourth-order valence-corrected chi connectivity index (χ4v) is 2.55. The quantitative estimate of drug-likeness (QED) is 0.913. The molecule has 1 atom stereocenters. The number of carbonyl (C=O) groups excluding carboxylic acids is 1. The summed E-state index contributed by atoms with van der Waals surface area (Å²) in [6, 6.07) is 17.8. The second kappa shape index (κ2) is 5.50. The summed E-state index contributed by atoms with van der Waals surface area (Å²) in [5, 5.41) is 0. The summed E-state index contributed by atoms with van der Waals surface area (Å²) in [6.07, 6.45) is -0.187. The van der Waals surface area contributed by atoms with Gasteiger partial charge >= 0.3 is 0 Å². The molecule has 1 aliphatic rings. The zero-order valence-electron chi connectivity index (χ0n) is 11.9. The van der Waals surface area contributed by atoms with E-state index in [0.29, 0.717) is 6.42 Å². The van der Waals surface area contributed by atoms with Gasteiger partial charge in [-0.1, -0.05) is 48.5 Å². The van der Waals surface area contributed by atoms with Gasteiger partial charge in [0.25, 0.3) is 5.91 Å². The van der Waals surface area contributed by atoms with Gasteiger partial charge in [-0.2, -0.15) is 0 Å². The molecule has 1 aliphatic heterocycles. The Labute approximate surface area is 123 Å². The smallest absolute Gasteiger partial charge is 0.266 e. The van der Waals surface area contributed by atoms with E-state index in [2.05, 4.69) is 4.99 Å². The molecule has 2 N–H and O–H groups in total. The molecule has 2 aromatic rings. The molecule has 0 saturated heterocycles. The number of benzene rings is 2. The number of carbonyl (C=O) groups is 1. The zero-order chi connectivity index (χ0) is 14.8. The van der Waals surface area contributed by atoms with Gasteiger partial charge in [0.1, 0.15) is 0 Å². The molecule has 0 aromatic heterocycles. The van der Waals surface area contributed by atoms with Gasteiger partial charge in [0.2, 0.25) is 0 Å². The van der Waals surface area contributed by atoms with E-state index in [9.17, 15) is 4.79 Å². The van der Waals surface area contributed by atoms with Crippen LogP contribution in [-0.2, 0) is 11.2 Å². The van der Waals surface area contributed by atoms with Crippen molar-refractivity contribution in [1.29, 1.82) is 0 Å². The van der Waals surface area contributed by atoms with Crippen LogP contribution in [0.15, 0.2) is 59.6 Å². The normalized spacial score (nSPS) is 18.0. The average molecular weight is 279 g/mol. The highest BCUT2D eigenvalue weighted by atomic mass is 16.2. The summed E-state index contributed by atoms with van der Waals surface area (Å²) < 4.78 is 0. The van der Waals surface area contributed by atoms with Gasteiger partial charge in [0, 0.05) is 19.0 Å². The van der Waals surface area contributed by atoms with Gasteiger partial charge in [-0.3, -0.25) is 9.79 Å². The number of amides is 1. The fourth-order valence-electron chi connectivity index (χ4n) is 2.55. The number of benzodiazepines with no additional fused rings is 1. The van der Waals surface area contributed by atoms with Crippen molar-refractivity contribution in [3.05, 3.63) is 65.7 Å². The van der Waals surface area contributed by atoms with Crippen LogP contribution in [0.1, 0.15) is 11.1 Å². The minimum absolute atomic E-state index is 0.189. The Kier molecular flexibility index (Phi) is 3.54. The molecule has 106 valence electrons. The summed E-state index contributed by atoms with van der Waals surface area (Å²) in [7, 11) is 1.74. The highest BCUT2D eigenvalue weighted by Gasteiger charge is 2.26. The summed E-state index contributed by atoms with van der Waals surface area (Å²) in [6.45, 7) is 0. The van der Waals surface area contributed by atoms with Crippen LogP contribution in [-0.4, -0.2) is 24.8 Å². The van der Waals surface area contributed by atoms with Crippen LogP contribution in [0.4, 0.5) is 5.69 Å². The number of aliphatic imine (C=N–C) groups is 1. The largest absolute Gasteiger partial charge is 0.312 e. The molecule has 0 radical (unpaired) electrons. The number of nitrogens with zero attached hydrogens (tertiary/aromatic N) is 2. The Hall–Kier alpha value is -2.46. The Morgan fingerprint density at radius 2 is 1.76 bits per heavy atom. The van der Waals surface area contributed by atoms with Crippen LogP contribution in [0.3, 0.4) is 0 Å².